The van der Waals surface area contributed by atoms with E-state index in [1.54, 1.807) is 18.5 Å². The molecule has 0 bridgehead atoms. The molecule has 1 heterocycles. The Balaban J connectivity index is 2.68. The van der Waals surface area contributed by atoms with Gasteiger partial charge in [-0.25, -0.2) is 9.97 Å². The lowest BCUT2D eigenvalue weighted by molar-refractivity contribution is 0.198. The summed E-state index contributed by atoms with van der Waals surface area (Å²) in [4.78, 5) is 10.1. The molecule has 0 unspecified atom stereocenters. The lowest BCUT2D eigenvalue weighted by atomic mass is 10.1. The van der Waals surface area contributed by atoms with Crippen molar-refractivity contribution in [2.75, 3.05) is 7.05 Å². The molecular formula is C10H14N4. The number of nitriles is 1. The van der Waals surface area contributed by atoms with Gasteiger partial charge in [0.2, 0.25) is 0 Å². The Morgan fingerprint density at radius 1 is 1.43 bits per heavy atom. The van der Waals surface area contributed by atoms with Gasteiger partial charge in [0.15, 0.2) is 0 Å². The molecular weight excluding hydrogens is 176 g/mol. The van der Waals surface area contributed by atoms with Crippen LogP contribution in [-0.4, -0.2) is 27.5 Å². The van der Waals surface area contributed by atoms with Crippen LogP contribution in [0.2, 0.25) is 0 Å². The minimum absolute atomic E-state index is 0.487. The van der Waals surface area contributed by atoms with Crippen molar-refractivity contribution in [1.82, 2.24) is 14.9 Å². The van der Waals surface area contributed by atoms with Crippen LogP contribution < -0.4 is 0 Å². The number of rotatable bonds is 3. The van der Waals surface area contributed by atoms with Gasteiger partial charge in [-0.05, 0) is 27.0 Å². The molecule has 0 fully saturated rings. The van der Waals surface area contributed by atoms with Gasteiger partial charge in [0, 0.05) is 12.4 Å². The Labute approximate surface area is 84.2 Å². The largest absolute Gasteiger partial charge is 0.282 e. The Morgan fingerprint density at radius 3 is 2.50 bits per heavy atom. The summed E-state index contributed by atoms with van der Waals surface area (Å²) in [6.07, 6.45) is 3.41. The molecule has 0 aliphatic carbocycles. The Bertz CT molecular complexity index is 326. The van der Waals surface area contributed by atoms with Crippen molar-refractivity contribution in [3.05, 3.63) is 24.3 Å². The fourth-order valence-corrected chi connectivity index (χ4v) is 0.907. The van der Waals surface area contributed by atoms with Crippen LogP contribution in [0.25, 0.3) is 0 Å². The molecule has 1 rings (SSSR count). The first-order valence-corrected chi connectivity index (χ1v) is 4.44. The molecule has 1 aromatic rings. The number of aromatic nitrogens is 2. The van der Waals surface area contributed by atoms with Gasteiger partial charge in [0.25, 0.3) is 0 Å². The van der Waals surface area contributed by atoms with Crippen LogP contribution in [0.3, 0.4) is 0 Å². The number of hydrogen-bond donors (Lipinski definition) is 0. The van der Waals surface area contributed by atoms with E-state index in [-0.39, 0.29) is 0 Å². The van der Waals surface area contributed by atoms with Crippen molar-refractivity contribution in [1.29, 1.82) is 5.26 Å². The summed E-state index contributed by atoms with van der Waals surface area (Å²) in [5, 5.41) is 8.91. The number of nitrogens with zero attached hydrogens (tertiary/aromatic N) is 4. The van der Waals surface area contributed by atoms with Crippen LogP contribution in [0.1, 0.15) is 19.7 Å². The van der Waals surface area contributed by atoms with Crippen molar-refractivity contribution in [2.24, 2.45) is 0 Å². The van der Waals surface area contributed by atoms with Crippen LogP contribution in [0.15, 0.2) is 18.5 Å². The van der Waals surface area contributed by atoms with Crippen molar-refractivity contribution >= 4 is 0 Å². The molecule has 0 amide bonds. The van der Waals surface area contributed by atoms with Crippen molar-refractivity contribution in [2.45, 2.75) is 25.9 Å². The molecule has 14 heavy (non-hydrogen) atoms. The maximum Gasteiger partial charge on any atom is 0.142 e. The minimum atomic E-state index is -0.487. The van der Waals surface area contributed by atoms with Crippen LogP contribution >= 0.6 is 0 Å². The Hall–Kier alpha value is -1.47. The summed E-state index contributed by atoms with van der Waals surface area (Å²) in [6.45, 7) is 4.33. The second kappa shape index (κ2) is 4.16. The quantitative estimate of drug-likeness (QED) is 0.719. The monoisotopic (exact) mass is 190 g/mol. The van der Waals surface area contributed by atoms with E-state index in [4.69, 9.17) is 5.26 Å². The highest BCUT2D eigenvalue weighted by atomic mass is 15.2. The summed E-state index contributed by atoms with van der Waals surface area (Å²) in [5.41, 5.74) is -0.487. The van der Waals surface area contributed by atoms with Crippen LogP contribution in [0, 0.1) is 11.3 Å². The molecule has 0 spiro atoms. The van der Waals surface area contributed by atoms with Gasteiger partial charge in [-0.3, -0.25) is 4.90 Å². The minimum Gasteiger partial charge on any atom is -0.282 e. The highest BCUT2D eigenvalue weighted by Gasteiger charge is 2.23. The number of hydrogen-bond acceptors (Lipinski definition) is 4. The third-order valence-corrected chi connectivity index (χ3v) is 2.23. The molecule has 0 aromatic carbocycles. The molecule has 1 aromatic heterocycles. The van der Waals surface area contributed by atoms with E-state index in [2.05, 4.69) is 16.0 Å². The molecule has 0 atom stereocenters. The highest BCUT2D eigenvalue weighted by Crippen LogP contribution is 2.12. The van der Waals surface area contributed by atoms with E-state index in [9.17, 15) is 0 Å². The summed E-state index contributed by atoms with van der Waals surface area (Å²) in [7, 11) is 1.89. The third kappa shape index (κ3) is 2.51. The zero-order valence-electron chi connectivity index (χ0n) is 8.73. The van der Waals surface area contributed by atoms with Gasteiger partial charge in [-0.2, -0.15) is 5.26 Å². The fourth-order valence-electron chi connectivity index (χ4n) is 0.907. The predicted molar refractivity (Wildman–Crippen MR) is 53.2 cm³/mol. The normalized spacial score (nSPS) is 11.4. The molecule has 0 saturated carbocycles. The van der Waals surface area contributed by atoms with E-state index in [1.807, 2.05) is 25.8 Å². The topological polar surface area (TPSA) is 52.8 Å². The van der Waals surface area contributed by atoms with Gasteiger partial charge in [-0.1, -0.05) is 0 Å². The first kappa shape index (κ1) is 10.6. The van der Waals surface area contributed by atoms with Crippen molar-refractivity contribution in [3.63, 3.8) is 0 Å². The van der Waals surface area contributed by atoms with Crippen molar-refractivity contribution < 1.29 is 0 Å². The zero-order valence-corrected chi connectivity index (χ0v) is 8.73. The smallest absolute Gasteiger partial charge is 0.142 e. The molecule has 74 valence electrons. The fraction of sp³-hybridized carbons (Fsp3) is 0.500. The van der Waals surface area contributed by atoms with Crippen LogP contribution in [0.5, 0.6) is 0 Å². The maximum absolute atomic E-state index is 8.91. The Kier molecular flexibility index (Phi) is 3.15. The first-order valence-electron chi connectivity index (χ1n) is 4.44. The third-order valence-electron chi connectivity index (χ3n) is 2.23. The van der Waals surface area contributed by atoms with E-state index in [0.717, 1.165) is 5.82 Å². The lowest BCUT2D eigenvalue weighted by Gasteiger charge is -2.27. The van der Waals surface area contributed by atoms with Gasteiger partial charge in [0.05, 0.1) is 12.6 Å². The maximum atomic E-state index is 8.91. The van der Waals surface area contributed by atoms with Gasteiger partial charge in [0.1, 0.15) is 11.4 Å². The summed E-state index contributed by atoms with van der Waals surface area (Å²) in [6, 6.07) is 4.01. The average molecular weight is 190 g/mol. The SMILES string of the molecule is CN(Cc1ncccn1)C(C)(C)C#N. The van der Waals surface area contributed by atoms with Crippen LogP contribution in [-0.2, 0) is 6.54 Å². The zero-order chi connectivity index (χ0) is 10.6. The summed E-state index contributed by atoms with van der Waals surface area (Å²) >= 11 is 0. The summed E-state index contributed by atoms with van der Waals surface area (Å²) in [5.74, 6) is 0.735. The van der Waals surface area contributed by atoms with Gasteiger partial charge >= 0.3 is 0 Å². The van der Waals surface area contributed by atoms with E-state index >= 15 is 0 Å². The Morgan fingerprint density at radius 2 is 2.00 bits per heavy atom. The molecule has 4 heteroatoms. The van der Waals surface area contributed by atoms with Crippen molar-refractivity contribution in [3.8, 4) is 6.07 Å². The average Bonchev–Trinajstić information content (AvgIpc) is 2.19. The van der Waals surface area contributed by atoms with Gasteiger partial charge in [-0.15, -0.1) is 0 Å². The van der Waals surface area contributed by atoms with E-state index < -0.39 is 5.54 Å². The standard InChI is InChI=1S/C10H14N4/c1-10(2,8-11)14(3)7-9-12-5-4-6-13-9/h4-6H,7H2,1-3H3. The molecule has 0 aliphatic rings. The highest BCUT2D eigenvalue weighted by molar-refractivity contribution is 5.02. The lowest BCUT2D eigenvalue weighted by Crippen LogP contribution is -2.39. The molecule has 0 N–H and O–H groups in total. The molecule has 0 saturated heterocycles. The van der Waals surface area contributed by atoms with E-state index in [1.165, 1.54) is 0 Å². The van der Waals surface area contributed by atoms with Crippen LogP contribution in [0.4, 0.5) is 0 Å². The van der Waals surface area contributed by atoms with E-state index in [0.29, 0.717) is 6.54 Å². The second-order valence-corrected chi connectivity index (χ2v) is 3.69. The molecule has 4 nitrogen and oxygen atoms in total. The second-order valence-electron chi connectivity index (χ2n) is 3.69. The molecule has 0 aliphatic heterocycles. The predicted octanol–water partition coefficient (Wildman–Crippen LogP) is 1.21. The molecule has 0 radical (unpaired) electrons. The van der Waals surface area contributed by atoms with Gasteiger partial charge < -0.3 is 0 Å². The summed E-state index contributed by atoms with van der Waals surface area (Å²) < 4.78 is 0. The first-order chi connectivity index (χ1) is 6.56.